The van der Waals surface area contributed by atoms with Crippen LogP contribution in [0.15, 0.2) is 36.4 Å². The molecule has 0 aliphatic carbocycles. The molecular weight excluding hydrogens is 299 g/mol. The second kappa shape index (κ2) is 5.88. The largest absolute Gasteiger partial charge is 0.322 e. The maximum absolute atomic E-state index is 13.7. The first-order chi connectivity index (χ1) is 9.88. The lowest BCUT2D eigenvalue weighted by Gasteiger charge is -2.07. The minimum Gasteiger partial charge on any atom is -0.322 e. The zero-order chi connectivity index (χ0) is 15.6. The molecule has 0 saturated heterocycles. The van der Waals surface area contributed by atoms with Crippen molar-refractivity contribution in [2.75, 3.05) is 5.32 Å². The standard InChI is InChI=1S/C14H10ClFN2O3/c1-8-12(16)6-9(7-13(8)18(20)21)14(19)17-11-4-2-10(15)3-5-11/h2-7H,1H3,(H,17,19). The highest BCUT2D eigenvalue weighted by Crippen LogP contribution is 2.23. The van der Waals surface area contributed by atoms with E-state index in [1.54, 1.807) is 24.3 Å². The van der Waals surface area contributed by atoms with Crippen LogP contribution >= 0.6 is 11.6 Å². The van der Waals surface area contributed by atoms with Gasteiger partial charge in [0, 0.05) is 22.3 Å². The van der Waals surface area contributed by atoms with Crippen LogP contribution in [0.4, 0.5) is 15.8 Å². The van der Waals surface area contributed by atoms with E-state index in [1.807, 2.05) is 0 Å². The second-order valence-electron chi connectivity index (χ2n) is 4.32. The molecule has 0 aliphatic rings. The highest BCUT2D eigenvalue weighted by molar-refractivity contribution is 6.30. The molecule has 7 heteroatoms. The van der Waals surface area contributed by atoms with Gasteiger partial charge in [-0.25, -0.2) is 4.39 Å². The lowest BCUT2D eigenvalue weighted by atomic mass is 10.1. The summed E-state index contributed by atoms with van der Waals surface area (Å²) >= 11 is 5.72. The lowest BCUT2D eigenvalue weighted by molar-refractivity contribution is -0.385. The van der Waals surface area contributed by atoms with Crippen LogP contribution in [0.1, 0.15) is 15.9 Å². The van der Waals surface area contributed by atoms with Crippen LogP contribution in [-0.2, 0) is 0 Å². The molecule has 0 aromatic heterocycles. The average molecular weight is 309 g/mol. The van der Waals surface area contributed by atoms with Gasteiger partial charge in [-0.15, -0.1) is 0 Å². The summed E-state index contributed by atoms with van der Waals surface area (Å²) in [6.07, 6.45) is 0. The van der Waals surface area contributed by atoms with Gasteiger partial charge in [0.25, 0.3) is 11.6 Å². The van der Waals surface area contributed by atoms with E-state index in [9.17, 15) is 19.3 Å². The summed E-state index contributed by atoms with van der Waals surface area (Å²) in [5, 5.41) is 13.9. The number of nitro groups is 1. The fourth-order valence-corrected chi connectivity index (χ4v) is 1.85. The van der Waals surface area contributed by atoms with Gasteiger partial charge >= 0.3 is 0 Å². The quantitative estimate of drug-likeness (QED) is 0.689. The van der Waals surface area contributed by atoms with Gasteiger partial charge in [0.1, 0.15) is 5.82 Å². The van der Waals surface area contributed by atoms with Crippen molar-refractivity contribution in [2.24, 2.45) is 0 Å². The Morgan fingerprint density at radius 3 is 2.48 bits per heavy atom. The van der Waals surface area contributed by atoms with Crippen LogP contribution in [0.25, 0.3) is 0 Å². The van der Waals surface area contributed by atoms with Crippen molar-refractivity contribution in [2.45, 2.75) is 6.92 Å². The molecule has 0 heterocycles. The molecule has 0 spiro atoms. The third kappa shape index (κ3) is 3.35. The Labute approximate surface area is 124 Å². The first-order valence-corrected chi connectivity index (χ1v) is 6.27. The van der Waals surface area contributed by atoms with Crippen molar-refractivity contribution < 1.29 is 14.1 Å². The van der Waals surface area contributed by atoms with Gasteiger partial charge < -0.3 is 5.32 Å². The topological polar surface area (TPSA) is 72.2 Å². The summed E-state index contributed by atoms with van der Waals surface area (Å²) in [4.78, 5) is 22.1. The number of nitrogens with zero attached hydrogens (tertiary/aromatic N) is 1. The van der Waals surface area contributed by atoms with Gasteiger partial charge in [-0.2, -0.15) is 0 Å². The van der Waals surface area contributed by atoms with E-state index in [1.165, 1.54) is 6.92 Å². The molecule has 0 bridgehead atoms. The predicted molar refractivity (Wildman–Crippen MR) is 77.2 cm³/mol. The van der Waals surface area contributed by atoms with Crippen molar-refractivity contribution in [1.82, 2.24) is 0 Å². The molecule has 2 aromatic rings. The zero-order valence-electron chi connectivity index (χ0n) is 10.9. The Morgan fingerprint density at radius 2 is 1.90 bits per heavy atom. The minimum atomic E-state index is -0.801. The van der Waals surface area contributed by atoms with Crippen molar-refractivity contribution in [3.63, 3.8) is 0 Å². The van der Waals surface area contributed by atoms with Crippen LogP contribution < -0.4 is 5.32 Å². The number of carbonyl (C=O) groups is 1. The molecule has 0 atom stereocenters. The Kier molecular flexibility index (Phi) is 4.18. The number of carbonyl (C=O) groups excluding carboxylic acids is 1. The van der Waals surface area contributed by atoms with Gasteiger partial charge in [-0.1, -0.05) is 11.6 Å². The number of halogens is 2. The second-order valence-corrected chi connectivity index (χ2v) is 4.76. The monoisotopic (exact) mass is 308 g/mol. The van der Waals surface area contributed by atoms with Crippen LogP contribution in [0.2, 0.25) is 5.02 Å². The molecular formula is C14H10ClFN2O3. The summed E-state index contributed by atoms with van der Waals surface area (Å²) < 4.78 is 13.7. The number of nitrogens with one attached hydrogen (secondary N) is 1. The van der Waals surface area contributed by atoms with Crippen molar-refractivity contribution in [1.29, 1.82) is 0 Å². The molecule has 2 aromatic carbocycles. The summed E-state index contributed by atoms with van der Waals surface area (Å²) in [5.74, 6) is -1.44. The SMILES string of the molecule is Cc1c(F)cc(C(=O)Nc2ccc(Cl)cc2)cc1[N+](=O)[O-]. The molecule has 5 nitrogen and oxygen atoms in total. The molecule has 108 valence electrons. The molecule has 1 N–H and O–H groups in total. The number of hydrogen-bond donors (Lipinski definition) is 1. The fraction of sp³-hybridized carbons (Fsp3) is 0.0714. The molecule has 0 unspecified atom stereocenters. The first-order valence-electron chi connectivity index (χ1n) is 5.90. The maximum Gasteiger partial charge on any atom is 0.276 e. The van der Waals surface area contributed by atoms with E-state index in [2.05, 4.69) is 5.32 Å². The van der Waals surface area contributed by atoms with Crippen LogP contribution in [0, 0.1) is 22.9 Å². The van der Waals surface area contributed by atoms with Gasteiger partial charge in [-0.05, 0) is 37.3 Å². The van der Waals surface area contributed by atoms with Crippen LogP contribution in [0.5, 0.6) is 0 Å². The van der Waals surface area contributed by atoms with E-state index in [0.29, 0.717) is 10.7 Å². The summed E-state index contributed by atoms with van der Waals surface area (Å²) in [7, 11) is 0. The smallest absolute Gasteiger partial charge is 0.276 e. The molecule has 0 radical (unpaired) electrons. The number of anilines is 1. The predicted octanol–water partition coefficient (Wildman–Crippen LogP) is 3.95. The maximum atomic E-state index is 13.7. The lowest BCUT2D eigenvalue weighted by Crippen LogP contribution is -2.13. The molecule has 1 amide bonds. The fourth-order valence-electron chi connectivity index (χ4n) is 1.72. The number of rotatable bonds is 3. The van der Waals surface area contributed by atoms with Crippen LogP contribution in [-0.4, -0.2) is 10.8 Å². The Balaban J connectivity index is 2.31. The molecule has 2 rings (SSSR count). The van der Waals surface area contributed by atoms with Crippen molar-refractivity contribution in [3.05, 3.63) is 68.5 Å². The van der Waals surface area contributed by atoms with E-state index < -0.39 is 22.3 Å². The summed E-state index contributed by atoms with van der Waals surface area (Å²) in [5.41, 5.74) is -0.216. The molecule has 0 saturated carbocycles. The highest BCUT2D eigenvalue weighted by atomic mass is 35.5. The van der Waals surface area contributed by atoms with Gasteiger partial charge in [0.15, 0.2) is 0 Å². The summed E-state index contributed by atoms with van der Waals surface area (Å²) in [6, 6.07) is 8.31. The minimum absolute atomic E-state index is 0.108. The van der Waals surface area contributed by atoms with Gasteiger partial charge in [-0.3, -0.25) is 14.9 Å². The van der Waals surface area contributed by atoms with Crippen molar-refractivity contribution >= 4 is 28.9 Å². The summed E-state index contributed by atoms with van der Waals surface area (Å²) in [6.45, 7) is 1.29. The number of benzene rings is 2. The average Bonchev–Trinajstić information content (AvgIpc) is 2.43. The zero-order valence-corrected chi connectivity index (χ0v) is 11.6. The Morgan fingerprint density at radius 1 is 1.29 bits per heavy atom. The number of amides is 1. The number of nitro benzene ring substituents is 1. The highest BCUT2D eigenvalue weighted by Gasteiger charge is 2.19. The Hall–Kier alpha value is -2.47. The number of hydrogen-bond acceptors (Lipinski definition) is 3. The first kappa shape index (κ1) is 14.9. The molecule has 21 heavy (non-hydrogen) atoms. The van der Waals surface area contributed by atoms with Gasteiger partial charge in [0.2, 0.25) is 0 Å². The Bertz CT molecular complexity index is 717. The third-order valence-electron chi connectivity index (χ3n) is 2.88. The van der Waals surface area contributed by atoms with E-state index in [0.717, 1.165) is 12.1 Å². The molecule has 0 aliphatic heterocycles. The van der Waals surface area contributed by atoms with E-state index >= 15 is 0 Å². The third-order valence-corrected chi connectivity index (χ3v) is 3.13. The van der Waals surface area contributed by atoms with E-state index in [4.69, 9.17) is 11.6 Å². The molecule has 0 fully saturated rings. The normalized spacial score (nSPS) is 10.2. The van der Waals surface area contributed by atoms with E-state index in [-0.39, 0.29) is 11.1 Å². The van der Waals surface area contributed by atoms with Gasteiger partial charge in [0.05, 0.1) is 10.5 Å². The van der Waals surface area contributed by atoms with Crippen molar-refractivity contribution in [3.8, 4) is 0 Å². The van der Waals surface area contributed by atoms with Crippen LogP contribution in [0.3, 0.4) is 0 Å².